The van der Waals surface area contributed by atoms with Gasteiger partial charge in [-0.2, -0.15) is 10.0 Å². The van der Waals surface area contributed by atoms with E-state index in [0.29, 0.717) is 0 Å². The maximum absolute atomic E-state index is 6.07. The van der Waals surface area contributed by atoms with Gasteiger partial charge in [0.15, 0.2) is 0 Å². The molecule has 2 heterocycles. The SMILES string of the molecule is C=C1C=C(C#CS(C)(C)C)C=CN1/C(NC)=C(\C)c1cc2cc(OC)ccc2o1. The lowest BCUT2D eigenvalue weighted by Crippen LogP contribution is -2.26. The van der Waals surface area contributed by atoms with E-state index in [0.717, 1.165) is 45.1 Å². The molecule has 1 aliphatic rings. The van der Waals surface area contributed by atoms with Crippen molar-refractivity contribution >= 4 is 26.6 Å². The molecule has 152 valence electrons. The summed E-state index contributed by atoms with van der Waals surface area (Å²) in [5, 5.41) is 7.63. The molecule has 4 nitrogen and oxygen atoms in total. The number of nitrogens with zero attached hydrogens (tertiary/aromatic N) is 1. The first-order chi connectivity index (χ1) is 13.7. The van der Waals surface area contributed by atoms with E-state index in [1.807, 2.05) is 61.5 Å². The van der Waals surface area contributed by atoms with Crippen molar-refractivity contribution in [2.75, 3.05) is 32.9 Å². The fourth-order valence-electron chi connectivity index (χ4n) is 2.99. The minimum atomic E-state index is -0.865. The molecular formula is C24H28N2O2S. The van der Waals surface area contributed by atoms with Gasteiger partial charge in [-0.25, -0.2) is 0 Å². The van der Waals surface area contributed by atoms with Crippen LogP contribution in [0.3, 0.4) is 0 Å². The number of nitrogens with one attached hydrogen (secondary N) is 1. The highest BCUT2D eigenvalue weighted by molar-refractivity contribution is 8.35. The number of ether oxygens (including phenoxy) is 1. The molecule has 0 radical (unpaired) electrons. The molecule has 0 atom stereocenters. The van der Waals surface area contributed by atoms with Crippen LogP contribution in [0.1, 0.15) is 12.7 Å². The van der Waals surface area contributed by atoms with Crippen LogP contribution in [0.5, 0.6) is 5.75 Å². The Bertz CT molecular complexity index is 1100. The molecule has 1 aliphatic heterocycles. The zero-order valence-corrected chi connectivity index (χ0v) is 18.7. The standard InChI is InChI=1S/C24H28N2O2S/c1-17-14-19(11-13-29(5,6)7)10-12-26(17)24(25-3)18(2)23-16-20-15-21(27-4)8-9-22(20)28-23/h8-10,12,14-16,25H,1H2,2-7H3/b24-18+. The van der Waals surface area contributed by atoms with Crippen LogP contribution in [0.2, 0.25) is 0 Å². The summed E-state index contributed by atoms with van der Waals surface area (Å²) in [6.45, 7) is 6.25. The molecule has 0 spiro atoms. The van der Waals surface area contributed by atoms with Crippen LogP contribution in [0, 0.1) is 11.2 Å². The Kier molecular flexibility index (Phi) is 5.86. The molecule has 29 heavy (non-hydrogen) atoms. The van der Waals surface area contributed by atoms with Gasteiger partial charge in [0.05, 0.1) is 7.11 Å². The molecule has 0 amide bonds. The summed E-state index contributed by atoms with van der Waals surface area (Å²) < 4.78 is 11.4. The fraction of sp³-hybridized carbons (Fsp3) is 0.250. The molecule has 0 saturated heterocycles. The summed E-state index contributed by atoms with van der Waals surface area (Å²) in [6, 6.07) is 7.82. The van der Waals surface area contributed by atoms with Crippen molar-refractivity contribution in [3.8, 4) is 16.9 Å². The first-order valence-corrected chi connectivity index (χ1v) is 12.1. The van der Waals surface area contributed by atoms with E-state index in [2.05, 4.69) is 41.8 Å². The van der Waals surface area contributed by atoms with Crippen LogP contribution >= 0.6 is 10.0 Å². The average molecular weight is 409 g/mol. The van der Waals surface area contributed by atoms with Crippen molar-refractivity contribution in [2.45, 2.75) is 6.92 Å². The van der Waals surface area contributed by atoms with Gasteiger partial charge in [-0.05, 0) is 67.4 Å². The average Bonchev–Trinajstić information content (AvgIpc) is 3.10. The quantitative estimate of drug-likeness (QED) is 0.699. The predicted molar refractivity (Wildman–Crippen MR) is 126 cm³/mol. The monoisotopic (exact) mass is 408 g/mol. The number of benzene rings is 1. The number of hydrogen-bond donors (Lipinski definition) is 1. The Morgan fingerprint density at radius 2 is 2.00 bits per heavy atom. The van der Waals surface area contributed by atoms with Crippen molar-refractivity contribution < 1.29 is 9.15 Å². The largest absolute Gasteiger partial charge is 0.497 e. The van der Waals surface area contributed by atoms with Gasteiger partial charge >= 0.3 is 0 Å². The van der Waals surface area contributed by atoms with Crippen LogP contribution in [0.25, 0.3) is 16.5 Å². The van der Waals surface area contributed by atoms with Gasteiger partial charge in [-0.1, -0.05) is 12.5 Å². The minimum Gasteiger partial charge on any atom is -0.497 e. The van der Waals surface area contributed by atoms with Crippen molar-refractivity contribution in [3.05, 3.63) is 72.0 Å². The van der Waals surface area contributed by atoms with Crippen LogP contribution in [0.4, 0.5) is 0 Å². The van der Waals surface area contributed by atoms with Crippen LogP contribution in [0.15, 0.2) is 70.7 Å². The van der Waals surface area contributed by atoms with E-state index in [1.54, 1.807) is 7.11 Å². The molecule has 5 heteroatoms. The highest BCUT2D eigenvalue weighted by Gasteiger charge is 2.18. The highest BCUT2D eigenvalue weighted by Crippen LogP contribution is 2.33. The van der Waals surface area contributed by atoms with Gasteiger partial charge in [0.2, 0.25) is 0 Å². The normalized spacial score (nSPS) is 15.4. The van der Waals surface area contributed by atoms with E-state index >= 15 is 0 Å². The van der Waals surface area contributed by atoms with E-state index in [4.69, 9.17) is 9.15 Å². The number of rotatable bonds is 4. The van der Waals surface area contributed by atoms with Gasteiger partial charge < -0.3 is 19.4 Å². The van der Waals surface area contributed by atoms with E-state index in [1.165, 1.54) is 0 Å². The summed E-state index contributed by atoms with van der Waals surface area (Å²) in [6.07, 6.45) is 12.6. The van der Waals surface area contributed by atoms with Gasteiger partial charge in [0.25, 0.3) is 0 Å². The van der Waals surface area contributed by atoms with Crippen LogP contribution in [-0.4, -0.2) is 37.8 Å². The Balaban J connectivity index is 1.93. The summed E-state index contributed by atoms with van der Waals surface area (Å²) in [7, 11) is 2.69. The first kappa shape index (κ1) is 20.8. The molecule has 0 fully saturated rings. The lowest BCUT2D eigenvalue weighted by molar-refractivity contribution is 0.415. The molecular weight excluding hydrogens is 380 g/mol. The van der Waals surface area contributed by atoms with Gasteiger partial charge in [-0.15, -0.1) is 0 Å². The molecule has 1 aromatic heterocycles. The molecule has 2 aromatic rings. The number of hydrogen-bond acceptors (Lipinski definition) is 4. The molecule has 0 saturated carbocycles. The third-order valence-electron chi connectivity index (χ3n) is 4.46. The summed E-state index contributed by atoms with van der Waals surface area (Å²) in [4.78, 5) is 2.01. The minimum absolute atomic E-state index is 0.796. The Hall–Kier alpha value is -2.97. The third-order valence-corrected chi connectivity index (χ3v) is 5.18. The number of methoxy groups -OCH3 is 1. The van der Waals surface area contributed by atoms with Crippen molar-refractivity contribution in [1.82, 2.24) is 10.2 Å². The fourth-order valence-corrected chi connectivity index (χ4v) is 3.42. The molecule has 0 unspecified atom stereocenters. The lowest BCUT2D eigenvalue weighted by atomic mass is 10.1. The summed E-state index contributed by atoms with van der Waals surface area (Å²) >= 11 is 0. The third kappa shape index (κ3) is 4.72. The highest BCUT2D eigenvalue weighted by atomic mass is 32.3. The smallest absolute Gasteiger partial charge is 0.135 e. The van der Waals surface area contributed by atoms with Crippen molar-refractivity contribution in [3.63, 3.8) is 0 Å². The summed E-state index contributed by atoms with van der Waals surface area (Å²) in [5.74, 6) is 5.78. The topological polar surface area (TPSA) is 37.6 Å². The van der Waals surface area contributed by atoms with Gasteiger partial charge in [0.1, 0.15) is 22.9 Å². The van der Waals surface area contributed by atoms with E-state index < -0.39 is 10.0 Å². The number of fused-ring (bicyclic) bond motifs is 1. The van der Waals surface area contributed by atoms with Gasteiger partial charge in [-0.3, -0.25) is 0 Å². The molecule has 0 aliphatic carbocycles. The maximum atomic E-state index is 6.07. The zero-order chi connectivity index (χ0) is 21.2. The second-order valence-electron chi connectivity index (χ2n) is 7.58. The second-order valence-corrected chi connectivity index (χ2v) is 11.5. The van der Waals surface area contributed by atoms with Crippen molar-refractivity contribution in [1.29, 1.82) is 0 Å². The van der Waals surface area contributed by atoms with Crippen LogP contribution < -0.4 is 10.1 Å². The molecule has 1 N–H and O–H groups in total. The number of furan rings is 1. The predicted octanol–water partition coefficient (Wildman–Crippen LogP) is 5.27. The lowest BCUT2D eigenvalue weighted by Gasteiger charge is -2.27. The molecule has 3 rings (SSSR count). The first-order valence-electron chi connectivity index (χ1n) is 9.27. The van der Waals surface area contributed by atoms with Gasteiger partial charge in [0, 0.05) is 35.5 Å². The second kappa shape index (κ2) is 8.18. The molecule has 1 aromatic carbocycles. The zero-order valence-electron chi connectivity index (χ0n) is 17.9. The molecule has 0 bridgehead atoms. The van der Waals surface area contributed by atoms with E-state index in [9.17, 15) is 0 Å². The maximum Gasteiger partial charge on any atom is 0.135 e. The number of allylic oxidation sites excluding steroid dienone is 4. The van der Waals surface area contributed by atoms with E-state index in [-0.39, 0.29) is 0 Å². The van der Waals surface area contributed by atoms with Crippen LogP contribution in [-0.2, 0) is 0 Å². The van der Waals surface area contributed by atoms with Crippen molar-refractivity contribution in [2.24, 2.45) is 0 Å². The Morgan fingerprint density at radius 3 is 2.62 bits per heavy atom. The Morgan fingerprint density at radius 1 is 1.24 bits per heavy atom. The summed E-state index contributed by atoms with van der Waals surface area (Å²) in [5.41, 5.74) is 3.63. The Labute approximate surface area is 174 Å².